The number of nitrogens with zero attached hydrogens (tertiary/aromatic N) is 1. The zero-order valence-electron chi connectivity index (χ0n) is 26.2. The van der Waals surface area contributed by atoms with E-state index < -0.39 is 0 Å². The molecule has 3 aromatic rings. The van der Waals surface area contributed by atoms with Crippen molar-refractivity contribution in [3.05, 3.63) is 90.0 Å². The van der Waals surface area contributed by atoms with Crippen molar-refractivity contribution in [3.8, 4) is 0 Å². The molecule has 1 heterocycles. The van der Waals surface area contributed by atoms with E-state index in [1.807, 2.05) is 0 Å². The molecule has 2 nitrogen and oxygen atoms in total. The van der Waals surface area contributed by atoms with Gasteiger partial charge in [0.2, 0.25) is 0 Å². The summed E-state index contributed by atoms with van der Waals surface area (Å²) in [7, 11) is 0. The summed E-state index contributed by atoms with van der Waals surface area (Å²) in [6, 6.07) is 22.4. The summed E-state index contributed by atoms with van der Waals surface area (Å²) >= 11 is 0. The van der Waals surface area contributed by atoms with E-state index in [-0.39, 0.29) is 5.41 Å². The molecule has 0 aliphatic carbocycles. The smallest absolute Gasteiger partial charge is 0.247 e. The van der Waals surface area contributed by atoms with Gasteiger partial charge in [-0.2, -0.15) is 0 Å². The van der Waals surface area contributed by atoms with Gasteiger partial charge in [0, 0.05) is 5.41 Å². The average molecular weight is 544 g/mol. The summed E-state index contributed by atoms with van der Waals surface area (Å²) in [4.78, 5) is 3.74. The van der Waals surface area contributed by atoms with E-state index in [0.29, 0.717) is 5.92 Å². The van der Waals surface area contributed by atoms with Crippen molar-refractivity contribution in [3.63, 3.8) is 0 Å². The Balaban J connectivity index is 1.57. The lowest BCUT2D eigenvalue weighted by Gasteiger charge is -2.37. The summed E-state index contributed by atoms with van der Waals surface area (Å²) in [5, 5.41) is 0. The molecule has 3 rings (SSSR count). The molecule has 2 unspecified atom stereocenters. The van der Waals surface area contributed by atoms with Gasteiger partial charge in [-0.3, -0.25) is 0 Å². The van der Waals surface area contributed by atoms with Crippen molar-refractivity contribution >= 4 is 0 Å². The van der Waals surface area contributed by atoms with Crippen LogP contribution in [0.4, 0.5) is 0 Å². The van der Waals surface area contributed by atoms with Crippen molar-refractivity contribution in [2.24, 2.45) is 0 Å². The molecule has 0 spiro atoms. The summed E-state index contributed by atoms with van der Waals surface area (Å²) in [6.07, 6.45) is 27.4. The second kappa shape index (κ2) is 18.9. The van der Waals surface area contributed by atoms with Gasteiger partial charge >= 0.3 is 0 Å². The van der Waals surface area contributed by atoms with Gasteiger partial charge in [-0.15, -0.1) is 0 Å². The standard InChI is InChI=1S/C38H58N2/c1-4-6-8-9-10-11-12-13-14-15-16-17-24-31-40-32-30-39-37(40)36(29-7-5-2)38(3,35-27-22-19-23-28-35)33-34-25-20-18-21-26-34/h18-23,25-28,30,32,36H,4-17,24,29,31,33H2,1-3H3/p+1. The summed E-state index contributed by atoms with van der Waals surface area (Å²) in [6.45, 7) is 8.25. The Morgan fingerprint density at radius 1 is 0.650 bits per heavy atom. The molecular formula is C38H59N2+. The highest BCUT2D eigenvalue weighted by atomic mass is 15.1. The number of unbranched alkanes of at least 4 members (excludes halogenated alkanes) is 13. The van der Waals surface area contributed by atoms with Crippen LogP contribution in [0.5, 0.6) is 0 Å². The van der Waals surface area contributed by atoms with Crippen molar-refractivity contribution < 1.29 is 4.57 Å². The molecule has 0 radical (unpaired) electrons. The van der Waals surface area contributed by atoms with Gasteiger partial charge in [0.25, 0.3) is 5.82 Å². The first-order valence-electron chi connectivity index (χ1n) is 16.8. The fourth-order valence-electron chi connectivity index (χ4n) is 6.60. The number of hydrogen-bond acceptors (Lipinski definition) is 0. The minimum atomic E-state index is 0.0143. The van der Waals surface area contributed by atoms with Crippen LogP contribution < -0.4 is 4.57 Å². The van der Waals surface area contributed by atoms with Crippen LogP contribution >= 0.6 is 0 Å². The van der Waals surface area contributed by atoms with Gasteiger partial charge in [0.15, 0.2) is 0 Å². The van der Waals surface area contributed by atoms with E-state index in [0.717, 1.165) is 13.0 Å². The molecule has 220 valence electrons. The highest BCUT2D eigenvalue weighted by molar-refractivity contribution is 5.32. The molecule has 2 atom stereocenters. The molecule has 1 N–H and O–H groups in total. The Labute approximate surface area is 247 Å². The molecule has 0 saturated heterocycles. The quantitative estimate of drug-likeness (QED) is 0.0960. The molecule has 2 heteroatoms. The third-order valence-corrected chi connectivity index (χ3v) is 9.09. The monoisotopic (exact) mass is 543 g/mol. The van der Waals surface area contributed by atoms with Crippen LogP contribution in [0.25, 0.3) is 0 Å². The van der Waals surface area contributed by atoms with Crippen LogP contribution in [0.3, 0.4) is 0 Å². The zero-order valence-corrected chi connectivity index (χ0v) is 26.2. The fourth-order valence-corrected chi connectivity index (χ4v) is 6.60. The lowest BCUT2D eigenvalue weighted by atomic mass is 9.66. The number of aromatic nitrogens is 2. The lowest BCUT2D eigenvalue weighted by molar-refractivity contribution is -0.705. The maximum atomic E-state index is 3.74. The molecular weight excluding hydrogens is 484 g/mol. The number of nitrogens with one attached hydrogen (secondary N) is 1. The van der Waals surface area contributed by atoms with Gasteiger partial charge in [-0.25, -0.2) is 9.55 Å². The maximum absolute atomic E-state index is 3.74. The third-order valence-electron chi connectivity index (χ3n) is 9.09. The Bertz CT molecular complexity index is 1010. The Hall–Kier alpha value is -2.35. The second-order valence-electron chi connectivity index (χ2n) is 12.4. The number of imidazole rings is 1. The molecule has 40 heavy (non-hydrogen) atoms. The zero-order chi connectivity index (χ0) is 28.3. The van der Waals surface area contributed by atoms with E-state index >= 15 is 0 Å². The number of H-pyrrole nitrogens is 1. The molecule has 0 bridgehead atoms. The van der Waals surface area contributed by atoms with Crippen molar-refractivity contribution in [2.45, 2.75) is 148 Å². The summed E-state index contributed by atoms with van der Waals surface area (Å²) < 4.78 is 2.55. The van der Waals surface area contributed by atoms with Gasteiger partial charge in [-0.1, -0.05) is 165 Å². The number of rotatable bonds is 22. The van der Waals surface area contributed by atoms with Crippen LogP contribution in [0.1, 0.15) is 146 Å². The second-order valence-corrected chi connectivity index (χ2v) is 12.4. The van der Waals surface area contributed by atoms with Gasteiger partial charge in [-0.05, 0) is 36.8 Å². The lowest BCUT2D eigenvalue weighted by Crippen LogP contribution is -2.43. The predicted octanol–water partition coefficient (Wildman–Crippen LogP) is 10.9. The Morgan fingerprint density at radius 2 is 1.18 bits per heavy atom. The predicted molar refractivity (Wildman–Crippen MR) is 173 cm³/mol. The Morgan fingerprint density at radius 3 is 1.75 bits per heavy atom. The molecule has 0 fully saturated rings. The minimum absolute atomic E-state index is 0.0143. The number of benzene rings is 2. The molecule has 0 amide bonds. The van der Waals surface area contributed by atoms with E-state index in [2.05, 4.69) is 103 Å². The topological polar surface area (TPSA) is 19.7 Å². The Kier molecular flexibility index (Phi) is 15.2. The van der Waals surface area contributed by atoms with Crippen LogP contribution in [-0.2, 0) is 18.4 Å². The first-order chi connectivity index (χ1) is 19.7. The molecule has 0 aliphatic rings. The largest absolute Gasteiger partial charge is 0.258 e. The molecule has 2 aromatic carbocycles. The first kappa shape index (κ1) is 32.2. The van der Waals surface area contributed by atoms with E-state index in [9.17, 15) is 0 Å². The van der Waals surface area contributed by atoms with Gasteiger partial charge in [0.05, 0.1) is 12.5 Å². The van der Waals surface area contributed by atoms with Crippen LogP contribution in [0, 0.1) is 0 Å². The molecule has 1 aromatic heterocycles. The molecule has 0 aliphatic heterocycles. The normalized spacial score (nSPS) is 13.8. The van der Waals surface area contributed by atoms with Gasteiger partial charge in [0.1, 0.15) is 12.4 Å². The number of aromatic amines is 1. The minimum Gasteiger partial charge on any atom is -0.247 e. The van der Waals surface area contributed by atoms with Crippen LogP contribution in [-0.4, -0.2) is 4.98 Å². The van der Waals surface area contributed by atoms with Crippen molar-refractivity contribution in [2.75, 3.05) is 0 Å². The van der Waals surface area contributed by atoms with Gasteiger partial charge < -0.3 is 0 Å². The number of hydrogen-bond donors (Lipinski definition) is 1. The van der Waals surface area contributed by atoms with Crippen LogP contribution in [0.2, 0.25) is 0 Å². The summed E-state index contributed by atoms with van der Waals surface area (Å²) in [5.41, 5.74) is 2.88. The maximum Gasteiger partial charge on any atom is 0.258 e. The molecule has 0 saturated carbocycles. The highest BCUT2D eigenvalue weighted by Gasteiger charge is 2.41. The van der Waals surface area contributed by atoms with Crippen LogP contribution in [0.15, 0.2) is 73.1 Å². The van der Waals surface area contributed by atoms with Crippen molar-refractivity contribution in [1.82, 2.24) is 4.98 Å². The van der Waals surface area contributed by atoms with E-state index in [1.54, 1.807) is 0 Å². The first-order valence-corrected chi connectivity index (χ1v) is 16.8. The average Bonchev–Trinajstić information content (AvgIpc) is 3.44. The van der Waals surface area contributed by atoms with E-state index in [4.69, 9.17) is 0 Å². The SMILES string of the molecule is CCCCCCCCCCCCCCC[n+]1cc[nH]c1C(CCCC)C(C)(Cc1ccccc1)c1ccccc1. The fraction of sp³-hybridized carbons (Fsp3) is 0.605. The van der Waals surface area contributed by atoms with E-state index in [1.165, 1.54) is 120 Å². The van der Waals surface area contributed by atoms with Crippen molar-refractivity contribution in [1.29, 1.82) is 0 Å². The third kappa shape index (κ3) is 10.6. The highest BCUT2D eigenvalue weighted by Crippen LogP contribution is 2.43. The number of aryl methyl sites for hydroxylation is 1. The summed E-state index contributed by atoms with van der Waals surface area (Å²) in [5.74, 6) is 1.85.